The molecule has 2 N–H and O–H groups in total. The molecule has 1 aliphatic heterocycles. The second-order valence-electron chi connectivity index (χ2n) is 5.17. The second kappa shape index (κ2) is 9.34. The molecule has 2 aromatic rings. The van der Waals surface area contributed by atoms with Gasteiger partial charge in [-0.2, -0.15) is 0 Å². The predicted octanol–water partition coefficient (Wildman–Crippen LogP) is 3.70. The van der Waals surface area contributed by atoms with Crippen LogP contribution in [0.3, 0.4) is 0 Å². The van der Waals surface area contributed by atoms with E-state index in [4.69, 9.17) is 21.7 Å². The molecule has 2 heterocycles. The number of nitrogens with one attached hydrogen (secondary N) is 2. The van der Waals surface area contributed by atoms with Crippen LogP contribution in [0.2, 0.25) is 5.15 Å². The van der Waals surface area contributed by atoms with Crippen LogP contribution in [0, 0.1) is 5.41 Å². The van der Waals surface area contributed by atoms with Crippen LogP contribution in [0.25, 0.3) is 11.3 Å². The highest BCUT2D eigenvalue weighted by Crippen LogP contribution is 2.26. The van der Waals surface area contributed by atoms with Gasteiger partial charge < -0.3 is 20.4 Å². The van der Waals surface area contributed by atoms with E-state index in [2.05, 4.69) is 20.2 Å². The molecule has 25 heavy (non-hydrogen) atoms. The van der Waals surface area contributed by atoms with Crippen LogP contribution in [-0.4, -0.2) is 49.5 Å². The molecule has 3 rings (SSSR count). The van der Waals surface area contributed by atoms with Crippen molar-refractivity contribution in [1.82, 2.24) is 9.97 Å². The Morgan fingerprint density at radius 2 is 1.92 bits per heavy atom. The Morgan fingerprint density at radius 3 is 2.56 bits per heavy atom. The van der Waals surface area contributed by atoms with Gasteiger partial charge >= 0.3 is 0 Å². The first-order valence-corrected chi connectivity index (χ1v) is 8.79. The molecule has 1 aromatic heterocycles. The third-order valence-corrected chi connectivity index (χ3v) is 3.94. The van der Waals surface area contributed by atoms with E-state index in [1.54, 1.807) is 6.07 Å². The summed E-state index contributed by atoms with van der Waals surface area (Å²) in [6.45, 7) is 6.84. The van der Waals surface area contributed by atoms with Gasteiger partial charge in [0.25, 0.3) is 0 Å². The molecule has 6 nitrogen and oxygen atoms in total. The Balaban J connectivity index is 0.00000109. The number of benzene rings is 1. The number of ether oxygens (including phenoxy) is 1. The first kappa shape index (κ1) is 19.1. The van der Waals surface area contributed by atoms with Crippen LogP contribution < -0.4 is 10.2 Å². The third-order valence-electron chi connectivity index (χ3n) is 3.75. The van der Waals surface area contributed by atoms with Gasteiger partial charge in [-0.1, -0.05) is 31.5 Å². The summed E-state index contributed by atoms with van der Waals surface area (Å²) >= 11 is 6.19. The SMILES string of the molecule is CC.CNc1ccc(-c2cc(Cl)nc(N3CCOCC3)n2)cc1C=N. The summed E-state index contributed by atoms with van der Waals surface area (Å²) in [7, 11) is 1.83. The average molecular weight is 362 g/mol. The van der Waals surface area contributed by atoms with Crippen LogP contribution in [0.4, 0.5) is 11.6 Å². The molecule has 1 aliphatic rings. The summed E-state index contributed by atoms with van der Waals surface area (Å²) < 4.78 is 5.36. The van der Waals surface area contributed by atoms with Gasteiger partial charge in [0.1, 0.15) is 5.15 Å². The monoisotopic (exact) mass is 361 g/mol. The largest absolute Gasteiger partial charge is 0.388 e. The Bertz CT molecular complexity index is 717. The van der Waals surface area contributed by atoms with Gasteiger partial charge in [-0.25, -0.2) is 9.97 Å². The number of halogens is 1. The molecule has 0 saturated carbocycles. The summed E-state index contributed by atoms with van der Waals surface area (Å²) in [6.07, 6.45) is 1.32. The normalized spacial score (nSPS) is 13.7. The van der Waals surface area contributed by atoms with Crippen LogP contribution in [0.1, 0.15) is 19.4 Å². The highest BCUT2D eigenvalue weighted by atomic mass is 35.5. The van der Waals surface area contributed by atoms with E-state index >= 15 is 0 Å². The Kier molecular flexibility index (Phi) is 7.16. The van der Waals surface area contributed by atoms with Crippen LogP contribution in [0.15, 0.2) is 24.3 Å². The van der Waals surface area contributed by atoms with Crippen molar-refractivity contribution in [3.8, 4) is 11.3 Å². The van der Waals surface area contributed by atoms with E-state index in [0.29, 0.717) is 24.3 Å². The second-order valence-corrected chi connectivity index (χ2v) is 5.56. The minimum atomic E-state index is 0.408. The quantitative estimate of drug-likeness (QED) is 0.641. The zero-order chi connectivity index (χ0) is 18.2. The van der Waals surface area contributed by atoms with Crippen molar-refractivity contribution < 1.29 is 4.74 Å². The summed E-state index contributed by atoms with van der Waals surface area (Å²) in [6, 6.07) is 7.55. The van der Waals surface area contributed by atoms with Crippen molar-refractivity contribution in [2.75, 3.05) is 43.6 Å². The maximum atomic E-state index is 7.55. The highest BCUT2D eigenvalue weighted by molar-refractivity contribution is 6.29. The predicted molar refractivity (Wildman–Crippen MR) is 104 cm³/mol. The number of hydrogen-bond acceptors (Lipinski definition) is 6. The smallest absolute Gasteiger partial charge is 0.227 e. The lowest BCUT2D eigenvalue weighted by Gasteiger charge is -2.27. The number of nitrogens with zero attached hydrogens (tertiary/aromatic N) is 3. The average Bonchev–Trinajstić information content (AvgIpc) is 2.69. The molecule has 0 spiro atoms. The van der Waals surface area contributed by atoms with Crippen molar-refractivity contribution in [1.29, 1.82) is 5.41 Å². The molecular formula is C18H24ClN5O. The Hall–Kier alpha value is -2.18. The molecule has 0 aliphatic carbocycles. The molecule has 1 aromatic carbocycles. The molecular weight excluding hydrogens is 338 g/mol. The number of hydrogen-bond donors (Lipinski definition) is 2. The van der Waals surface area contributed by atoms with Crippen molar-refractivity contribution in [2.45, 2.75) is 13.8 Å². The number of anilines is 2. The summed E-state index contributed by atoms with van der Waals surface area (Å²) in [5.41, 5.74) is 3.35. The lowest BCUT2D eigenvalue weighted by Crippen LogP contribution is -2.37. The van der Waals surface area contributed by atoms with Crippen molar-refractivity contribution in [3.63, 3.8) is 0 Å². The maximum absolute atomic E-state index is 7.55. The number of rotatable bonds is 4. The van der Waals surface area contributed by atoms with Gasteiger partial charge in [0.2, 0.25) is 5.95 Å². The van der Waals surface area contributed by atoms with E-state index in [1.165, 1.54) is 6.21 Å². The first-order valence-electron chi connectivity index (χ1n) is 8.41. The van der Waals surface area contributed by atoms with E-state index in [1.807, 2.05) is 39.1 Å². The lowest BCUT2D eigenvalue weighted by atomic mass is 10.1. The molecule has 7 heteroatoms. The molecule has 0 unspecified atom stereocenters. The van der Waals surface area contributed by atoms with Crippen molar-refractivity contribution >= 4 is 29.5 Å². The minimum Gasteiger partial charge on any atom is -0.388 e. The number of morpholine rings is 1. The van der Waals surface area contributed by atoms with Crippen LogP contribution in [0.5, 0.6) is 0 Å². The Morgan fingerprint density at radius 1 is 1.20 bits per heavy atom. The van der Waals surface area contributed by atoms with Crippen LogP contribution >= 0.6 is 11.6 Å². The fraction of sp³-hybridized carbons (Fsp3) is 0.389. The van der Waals surface area contributed by atoms with Gasteiger partial charge in [-0.15, -0.1) is 0 Å². The van der Waals surface area contributed by atoms with Gasteiger partial charge in [0, 0.05) is 49.2 Å². The molecule has 0 amide bonds. The minimum absolute atomic E-state index is 0.408. The highest BCUT2D eigenvalue weighted by Gasteiger charge is 2.16. The third kappa shape index (κ3) is 4.67. The fourth-order valence-corrected chi connectivity index (χ4v) is 2.71. The van der Waals surface area contributed by atoms with E-state index in [-0.39, 0.29) is 0 Å². The molecule has 0 atom stereocenters. The standard InChI is InChI=1S/C16H18ClN5O.C2H6/c1-19-13-3-2-11(8-12(13)10-18)14-9-15(17)21-16(20-14)22-4-6-23-7-5-22;1-2/h2-3,8-10,18-19H,4-7H2,1H3;1-2H3. The van der Waals surface area contributed by atoms with Gasteiger partial charge in [-0.3, -0.25) is 0 Å². The van der Waals surface area contributed by atoms with Crippen LogP contribution in [-0.2, 0) is 4.74 Å². The van der Waals surface area contributed by atoms with E-state index in [0.717, 1.165) is 35.6 Å². The topological polar surface area (TPSA) is 74.1 Å². The van der Waals surface area contributed by atoms with Crippen molar-refractivity contribution in [2.24, 2.45) is 0 Å². The molecule has 1 saturated heterocycles. The summed E-state index contributed by atoms with van der Waals surface area (Å²) in [5.74, 6) is 0.616. The molecule has 0 radical (unpaired) electrons. The molecule has 1 fully saturated rings. The lowest BCUT2D eigenvalue weighted by molar-refractivity contribution is 0.122. The van der Waals surface area contributed by atoms with Crippen molar-refractivity contribution in [3.05, 3.63) is 35.0 Å². The Labute approximate surface area is 153 Å². The van der Waals surface area contributed by atoms with Gasteiger partial charge in [0.05, 0.1) is 18.9 Å². The zero-order valence-corrected chi connectivity index (χ0v) is 15.6. The zero-order valence-electron chi connectivity index (χ0n) is 14.8. The summed E-state index contributed by atoms with van der Waals surface area (Å²) in [4.78, 5) is 11.0. The molecule has 134 valence electrons. The molecule has 0 bridgehead atoms. The maximum Gasteiger partial charge on any atom is 0.227 e. The van der Waals surface area contributed by atoms with Gasteiger partial charge in [-0.05, 0) is 12.1 Å². The van der Waals surface area contributed by atoms with E-state index < -0.39 is 0 Å². The summed E-state index contributed by atoms with van der Waals surface area (Å²) in [5, 5.41) is 11.0. The van der Waals surface area contributed by atoms with E-state index in [9.17, 15) is 0 Å². The number of aromatic nitrogens is 2. The van der Waals surface area contributed by atoms with Gasteiger partial charge in [0.15, 0.2) is 0 Å². The fourth-order valence-electron chi connectivity index (χ4n) is 2.53. The first-order chi connectivity index (χ1) is 12.2.